The van der Waals surface area contributed by atoms with E-state index in [1.54, 1.807) is 19.1 Å². The Morgan fingerprint density at radius 1 is 1.21 bits per heavy atom. The number of methoxy groups -OCH3 is 1. The summed E-state index contributed by atoms with van der Waals surface area (Å²) in [7, 11) is 0.939. The van der Waals surface area contributed by atoms with Gasteiger partial charge in [-0.3, -0.25) is 9.59 Å². The van der Waals surface area contributed by atoms with Crippen LogP contribution in [0.3, 0.4) is 0 Å². The largest absolute Gasteiger partial charge is 0.468 e. The molecule has 7 heteroatoms. The van der Waals surface area contributed by atoms with Crippen molar-refractivity contribution >= 4 is 23.5 Å². The number of aryl methyl sites for hydroxylation is 1. The van der Waals surface area contributed by atoms with Crippen LogP contribution in [0.4, 0.5) is 13.2 Å². The molecule has 0 N–H and O–H groups in total. The topological polar surface area (TPSA) is 43.4 Å². The van der Waals surface area contributed by atoms with Gasteiger partial charge < -0.3 is 4.74 Å². The number of hydrogen-bond acceptors (Lipinski definition) is 4. The normalized spacial score (nSPS) is 12.9. The van der Waals surface area contributed by atoms with Gasteiger partial charge in [-0.25, -0.2) is 0 Å². The van der Waals surface area contributed by atoms with Crippen molar-refractivity contribution in [2.75, 3.05) is 7.11 Å². The summed E-state index contributed by atoms with van der Waals surface area (Å²) in [6.45, 7) is 1.77. The molecule has 0 aromatic heterocycles. The molecular formula is C12H11F3O3S. The van der Waals surface area contributed by atoms with Crippen molar-refractivity contribution < 1.29 is 27.5 Å². The zero-order valence-corrected chi connectivity index (χ0v) is 11.0. The molecule has 1 aromatic rings. The first-order valence-electron chi connectivity index (χ1n) is 5.18. The van der Waals surface area contributed by atoms with Crippen LogP contribution < -0.4 is 0 Å². The lowest BCUT2D eigenvalue weighted by Crippen LogP contribution is -2.31. The summed E-state index contributed by atoms with van der Waals surface area (Å²) < 4.78 is 41.3. The molecule has 0 saturated carbocycles. The first-order chi connectivity index (χ1) is 8.74. The van der Waals surface area contributed by atoms with Crippen LogP contribution in [0.2, 0.25) is 0 Å². The summed E-state index contributed by atoms with van der Waals surface area (Å²) >= 11 is -0.682. The number of ketones is 1. The van der Waals surface area contributed by atoms with Gasteiger partial charge in [-0.05, 0) is 18.7 Å². The van der Waals surface area contributed by atoms with Gasteiger partial charge in [-0.1, -0.05) is 29.8 Å². The minimum atomic E-state index is -4.70. The summed E-state index contributed by atoms with van der Waals surface area (Å²) in [5.41, 5.74) is -3.80. The molecule has 0 heterocycles. The molecule has 0 bridgehead atoms. The van der Waals surface area contributed by atoms with Gasteiger partial charge in [0.25, 0.3) is 0 Å². The molecule has 3 nitrogen and oxygen atoms in total. The Bertz CT molecular complexity index is 468. The van der Waals surface area contributed by atoms with Crippen LogP contribution in [0, 0.1) is 6.92 Å². The Hall–Kier alpha value is -1.50. The van der Waals surface area contributed by atoms with Crippen LogP contribution in [0.25, 0.3) is 0 Å². The fourth-order valence-electron chi connectivity index (χ4n) is 1.32. The SMILES string of the molecule is COC(=O)C(SC(F)(F)F)C(=O)c1ccc(C)cc1. The number of hydrogen-bond donors (Lipinski definition) is 0. The predicted molar refractivity (Wildman–Crippen MR) is 65.0 cm³/mol. The van der Waals surface area contributed by atoms with Gasteiger partial charge in [0.05, 0.1) is 7.11 Å². The summed E-state index contributed by atoms with van der Waals surface area (Å²) in [5.74, 6) is -2.14. The molecule has 0 fully saturated rings. The molecule has 0 aliphatic carbocycles. The zero-order chi connectivity index (χ0) is 14.6. The lowest BCUT2D eigenvalue weighted by molar-refractivity contribution is -0.139. The first-order valence-corrected chi connectivity index (χ1v) is 6.06. The minimum absolute atomic E-state index is 0.0396. The van der Waals surface area contributed by atoms with Crippen LogP contribution in [0.1, 0.15) is 15.9 Å². The van der Waals surface area contributed by atoms with Crippen molar-refractivity contribution in [1.29, 1.82) is 0 Å². The number of alkyl halides is 3. The number of carbonyl (C=O) groups is 2. The molecule has 0 saturated heterocycles. The first kappa shape index (κ1) is 15.6. The molecule has 1 unspecified atom stereocenters. The highest BCUT2D eigenvalue weighted by molar-refractivity contribution is 8.02. The van der Waals surface area contributed by atoms with Gasteiger partial charge in [0.15, 0.2) is 11.0 Å². The standard InChI is InChI=1S/C12H11F3O3S/c1-7-3-5-8(6-4-7)9(16)10(11(17)18-2)19-12(13,14)15/h3-6,10H,1-2H3. The van der Waals surface area contributed by atoms with Crippen molar-refractivity contribution in [1.82, 2.24) is 0 Å². The second kappa shape index (κ2) is 6.10. The molecule has 1 aromatic carbocycles. The van der Waals surface area contributed by atoms with Gasteiger partial charge >= 0.3 is 11.5 Å². The number of ether oxygens (including phenoxy) is 1. The Balaban J connectivity index is 3.00. The van der Waals surface area contributed by atoms with E-state index in [1.165, 1.54) is 12.1 Å². The maximum Gasteiger partial charge on any atom is 0.443 e. The number of Topliss-reactive ketones (excluding diaryl/α,β-unsaturated/α-hetero) is 1. The fraction of sp³-hybridized carbons (Fsp3) is 0.333. The third-order valence-electron chi connectivity index (χ3n) is 2.24. The van der Waals surface area contributed by atoms with Crippen molar-refractivity contribution in [3.63, 3.8) is 0 Å². The van der Waals surface area contributed by atoms with Crippen molar-refractivity contribution in [2.24, 2.45) is 0 Å². The number of thioether (sulfide) groups is 1. The maximum absolute atomic E-state index is 12.3. The van der Waals surface area contributed by atoms with Crippen LogP contribution >= 0.6 is 11.8 Å². The minimum Gasteiger partial charge on any atom is -0.468 e. The molecule has 19 heavy (non-hydrogen) atoms. The molecule has 0 aliphatic rings. The number of carbonyl (C=O) groups excluding carboxylic acids is 2. The quantitative estimate of drug-likeness (QED) is 0.486. The van der Waals surface area contributed by atoms with E-state index in [0.717, 1.165) is 12.7 Å². The lowest BCUT2D eigenvalue weighted by Gasteiger charge is -2.15. The van der Waals surface area contributed by atoms with Crippen LogP contribution in [-0.2, 0) is 9.53 Å². The molecule has 0 spiro atoms. The molecule has 0 radical (unpaired) electrons. The highest BCUT2D eigenvalue weighted by atomic mass is 32.2. The third kappa shape index (κ3) is 4.59. The molecular weight excluding hydrogens is 281 g/mol. The summed E-state index contributed by atoms with van der Waals surface area (Å²) in [6.07, 6.45) is 0. The molecule has 0 amide bonds. The number of halogens is 3. The third-order valence-corrected chi connectivity index (χ3v) is 3.15. The monoisotopic (exact) mass is 292 g/mol. The Morgan fingerprint density at radius 2 is 1.74 bits per heavy atom. The van der Waals surface area contributed by atoms with E-state index in [1.807, 2.05) is 0 Å². The molecule has 1 atom stereocenters. The predicted octanol–water partition coefficient (Wildman–Crippen LogP) is 2.97. The van der Waals surface area contributed by atoms with Crippen LogP contribution in [0.5, 0.6) is 0 Å². The van der Waals surface area contributed by atoms with Gasteiger partial charge in [-0.15, -0.1) is 0 Å². The van der Waals surface area contributed by atoms with Crippen LogP contribution in [0.15, 0.2) is 24.3 Å². The number of esters is 1. The highest BCUT2D eigenvalue weighted by Gasteiger charge is 2.41. The van der Waals surface area contributed by atoms with E-state index in [4.69, 9.17) is 0 Å². The zero-order valence-electron chi connectivity index (χ0n) is 10.2. The smallest absolute Gasteiger partial charge is 0.443 e. The van der Waals surface area contributed by atoms with Crippen molar-refractivity contribution in [3.05, 3.63) is 35.4 Å². The second-order valence-corrected chi connectivity index (χ2v) is 4.87. The van der Waals surface area contributed by atoms with E-state index in [2.05, 4.69) is 4.74 Å². The summed E-state index contributed by atoms with van der Waals surface area (Å²) in [5, 5.41) is -1.94. The number of benzene rings is 1. The van der Waals surface area contributed by atoms with E-state index >= 15 is 0 Å². The van der Waals surface area contributed by atoms with E-state index < -0.39 is 34.3 Å². The van der Waals surface area contributed by atoms with Crippen molar-refractivity contribution in [2.45, 2.75) is 17.7 Å². The maximum atomic E-state index is 12.3. The molecule has 0 aliphatic heterocycles. The second-order valence-electron chi connectivity index (χ2n) is 3.70. The lowest BCUT2D eigenvalue weighted by atomic mass is 10.1. The van der Waals surface area contributed by atoms with Gasteiger partial charge in [-0.2, -0.15) is 13.2 Å². The van der Waals surface area contributed by atoms with E-state index in [-0.39, 0.29) is 5.56 Å². The number of rotatable bonds is 4. The van der Waals surface area contributed by atoms with E-state index in [9.17, 15) is 22.8 Å². The van der Waals surface area contributed by atoms with Gasteiger partial charge in [0, 0.05) is 5.56 Å². The van der Waals surface area contributed by atoms with Gasteiger partial charge in [0.2, 0.25) is 0 Å². The highest BCUT2D eigenvalue weighted by Crippen LogP contribution is 2.35. The summed E-state index contributed by atoms with van der Waals surface area (Å²) in [4.78, 5) is 23.2. The van der Waals surface area contributed by atoms with Crippen molar-refractivity contribution in [3.8, 4) is 0 Å². The van der Waals surface area contributed by atoms with Gasteiger partial charge in [0.1, 0.15) is 0 Å². The van der Waals surface area contributed by atoms with E-state index in [0.29, 0.717) is 0 Å². The van der Waals surface area contributed by atoms with Crippen LogP contribution in [-0.4, -0.2) is 29.6 Å². The fourth-order valence-corrected chi connectivity index (χ4v) is 2.02. The molecule has 1 rings (SSSR count). The molecule has 104 valence electrons. The summed E-state index contributed by atoms with van der Waals surface area (Å²) in [6, 6.07) is 5.93. The Kier molecular flexibility index (Phi) is 4.99. The Morgan fingerprint density at radius 3 is 2.16 bits per heavy atom. The average Bonchev–Trinajstić information content (AvgIpc) is 2.34. The average molecular weight is 292 g/mol. The Labute approximate surface area is 112 Å².